The van der Waals surface area contributed by atoms with Crippen molar-refractivity contribution in [1.29, 1.82) is 0 Å². The number of thioether (sulfide) groups is 1. The average Bonchev–Trinajstić information content (AvgIpc) is 2.46. The molecule has 106 valence electrons. The molecule has 1 atom stereocenters. The van der Waals surface area contributed by atoms with Gasteiger partial charge in [0.05, 0.1) is 5.52 Å². The summed E-state index contributed by atoms with van der Waals surface area (Å²) in [6, 6.07) is 7.68. The Labute approximate surface area is 121 Å². The standard InChI is InChI=1S/C14H17N3O2S/c1-3-9(8-20-2)15-12-10-6-4-5-7-11(10)16-13(17-12)14(18)19/h4-7,9H,3,8H2,1-2H3,(H,18,19)(H,15,16,17). The quantitative estimate of drug-likeness (QED) is 0.852. The highest BCUT2D eigenvalue weighted by Gasteiger charge is 2.14. The fourth-order valence-corrected chi connectivity index (χ4v) is 2.66. The van der Waals surface area contributed by atoms with E-state index < -0.39 is 5.97 Å². The normalized spacial score (nSPS) is 12.3. The van der Waals surface area contributed by atoms with Crippen molar-refractivity contribution in [1.82, 2.24) is 9.97 Å². The van der Waals surface area contributed by atoms with Gasteiger partial charge in [-0.15, -0.1) is 0 Å². The monoisotopic (exact) mass is 291 g/mol. The van der Waals surface area contributed by atoms with E-state index in [4.69, 9.17) is 5.11 Å². The van der Waals surface area contributed by atoms with Crippen LogP contribution in [0.25, 0.3) is 10.9 Å². The number of aromatic carboxylic acids is 1. The smallest absolute Gasteiger partial charge is 0.374 e. The van der Waals surface area contributed by atoms with Crippen LogP contribution in [0.5, 0.6) is 0 Å². The Hall–Kier alpha value is -1.82. The number of hydrogen-bond acceptors (Lipinski definition) is 5. The molecule has 6 heteroatoms. The van der Waals surface area contributed by atoms with Gasteiger partial charge in [0.15, 0.2) is 0 Å². The molecule has 1 heterocycles. The zero-order chi connectivity index (χ0) is 14.5. The summed E-state index contributed by atoms with van der Waals surface area (Å²) in [5, 5.41) is 13.3. The lowest BCUT2D eigenvalue weighted by Gasteiger charge is -2.17. The second kappa shape index (κ2) is 6.56. The van der Waals surface area contributed by atoms with E-state index in [1.54, 1.807) is 17.8 Å². The largest absolute Gasteiger partial charge is 0.475 e. The van der Waals surface area contributed by atoms with E-state index in [2.05, 4.69) is 22.2 Å². The Morgan fingerprint density at radius 1 is 1.40 bits per heavy atom. The predicted molar refractivity (Wildman–Crippen MR) is 82.6 cm³/mol. The maximum atomic E-state index is 11.1. The summed E-state index contributed by atoms with van der Waals surface area (Å²) in [6.07, 6.45) is 2.99. The van der Waals surface area contributed by atoms with Crippen molar-refractivity contribution in [2.75, 3.05) is 17.3 Å². The molecule has 0 bridgehead atoms. The molecule has 1 aromatic carbocycles. The van der Waals surface area contributed by atoms with Crippen molar-refractivity contribution in [3.63, 3.8) is 0 Å². The first-order valence-electron chi connectivity index (χ1n) is 6.41. The highest BCUT2D eigenvalue weighted by atomic mass is 32.2. The van der Waals surface area contributed by atoms with Gasteiger partial charge in [-0.05, 0) is 24.8 Å². The van der Waals surface area contributed by atoms with Gasteiger partial charge < -0.3 is 10.4 Å². The van der Waals surface area contributed by atoms with E-state index in [-0.39, 0.29) is 11.9 Å². The second-order valence-corrected chi connectivity index (χ2v) is 5.33. The van der Waals surface area contributed by atoms with Gasteiger partial charge in [0, 0.05) is 17.2 Å². The highest BCUT2D eigenvalue weighted by Crippen LogP contribution is 2.21. The number of hydrogen-bond donors (Lipinski definition) is 2. The van der Waals surface area contributed by atoms with Gasteiger partial charge >= 0.3 is 5.97 Å². The van der Waals surface area contributed by atoms with Gasteiger partial charge in [0.1, 0.15) is 5.82 Å². The van der Waals surface area contributed by atoms with Gasteiger partial charge in [0.25, 0.3) is 0 Å². The first kappa shape index (κ1) is 14.6. The average molecular weight is 291 g/mol. The number of benzene rings is 1. The van der Waals surface area contributed by atoms with Gasteiger partial charge in [-0.2, -0.15) is 11.8 Å². The van der Waals surface area contributed by atoms with Crippen LogP contribution in [-0.4, -0.2) is 39.1 Å². The van der Waals surface area contributed by atoms with Gasteiger partial charge in [-0.3, -0.25) is 0 Å². The van der Waals surface area contributed by atoms with Gasteiger partial charge in [-0.25, -0.2) is 14.8 Å². The Balaban J connectivity index is 2.46. The fraction of sp³-hybridized carbons (Fsp3) is 0.357. The number of aromatic nitrogens is 2. The molecule has 0 saturated heterocycles. The fourth-order valence-electron chi connectivity index (χ4n) is 1.94. The van der Waals surface area contributed by atoms with Crippen molar-refractivity contribution >= 4 is 34.5 Å². The molecule has 2 N–H and O–H groups in total. The minimum absolute atomic E-state index is 0.176. The van der Waals surface area contributed by atoms with E-state index in [0.29, 0.717) is 11.3 Å². The number of carboxylic acids is 1. The van der Waals surface area contributed by atoms with Crippen molar-refractivity contribution < 1.29 is 9.90 Å². The summed E-state index contributed by atoms with van der Waals surface area (Å²) in [4.78, 5) is 19.3. The summed E-state index contributed by atoms with van der Waals surface area (Å²) in [6.45, 7) is 2.09. The zero-order valence-corrected chi connectivity index (χ0v) is 12.3. The molecule has 2 rings (SSSR count). The second-order valence-electron chi connectivity index (χ2n) is 4.42. The van der Waals surface area contributed by atoms with Crippen LogP contribution >= 0.6 is 11.8 Å². The lowest BCUT2D eigenvalue weighted by atomic mass is 10.2. The third-order valence-electron chi connectivity index (χ3n) is 3.00. The SMILES string of the molecule is CCC(CSC)Nc1nc(C(=O)O)nc2ccccc12. The van der Waals surface area contributed by atoms with Crippen LogP contribution in [0.15, 0.2) is 24.3 Å². The van der Waals surface area contributed by atoms with Crippen LogP contribution in [0.4, 0.5) is 5.82 Å². The van der Waals surface area contributed by atoms with Crippen LogP contribution in [0.1, 0.15) is 24.0 Å². The van der Waals surface area contributed by atoms with E-state index in [1.807, 2.05) is 24.5 Å². The Bertz CT molecular complexity index is 618. The minimum atomic E-state index is -1.11. The van der Waals surface area contributed by atoms with Crippen molar-refractivity contribution in [3.8, 4) is 0 Å². The Morgan fingerprint density at radius 3 is 2.80 bits per heavy atom. The summed E-state index contributed by atoms with van der Waals surface area (Å²) in [7, 11) is 0. The van der Waals surface area contributed by atoms with E-state index in [1.165, 1.54) is 0 Å². The Kier molecular flexibility index (Phi) is 4.79. The number of carbonyl (C=O) groups is 1. The number of anilines is 1. The van der Waals surface area contributed by atoms with Crippen molar-refractivity contribution in [2.24, 2.45) is 0 Å². The molecule has 1 unspecified atom stereocenters. The number of rotatable bonds is 6. The summed E-state index contributed by atoms with van der Waals surface area (Å²) in [5.41, 5.74) is 0.640. The lowest BCUT2D eigenvalue weighted by molar-refractivity contribution is 0.0684. The summed E-state index contributed by atoms with van der Waals surface area (Å²) >= 11 is 1.75. The van der Waals surface area contributed by atoms with Crippen LogP contribution in [-0.2, 0) is 0 Å². The van der Waals surface area contributed by atoms with Crippen LogP contribution in [0, 0.1) is 0 Å². The highest BCUT2D eigenvalue weighted by molar-refractivity contribution is 7.98. The predicted octanol–water partition coefficient (Wildman–Crippen LogP) is 2.88. The molecule has 20 heavy (non-hydrogen) atoms. The summed E-state index contributed by atoms with van der Waals surface area (Å²) in [5.74, 6) is 0.243. The maximum Gasteiger partial charge on any atom is 0.374 e. The summed E-state index contributed by atoms with van der Waals surface area (Å²) < 4.78 is 0. The maximum absolute atomic E-state index is 11.1. The number of fused-ring (bicyclic) bond motifs is 1. The van der Waals surface area contributed by atoms with E-state index in [9.17, 15) is 4.79 Å². The first-order valence-corrected chi connectivity index (χ1v) is 7.80. The number of carboxylic acid groups (broad SMARTS) is 1. The van der Waals surface area contributed by atoms with Gasteiger partial charge in [-0.1, -0.05) is 19.1 Å². The van der Waals surface area contributed by atoms with E-state index in [0.717, 1.165) is 17.6 Å². The van der Waals surface area contributed by atoms with Gasteiger partial charge in [0.2, 0.25) is 5.82 Å². The van der Waals surface area contributed by atoms with Crippen LogP contribution in [0.3, 0.4) is 0 Å². The molecule has 1 aromatic heterocycles. The molecule has 0 aliphatic rings. The molecule has 0 fully saturated rings. The Morgan fingerprint density at radius 2 is 2.15 bits per heavy atom. The number of nitrogens with zero attached hydrogens (tertiary/aromatic N) is 2. The molecule has 0 saturated carbocycles. The number of para-hydroxylation sites is 1. The van der Waals surface area contributed by atoms with E-state index >= 15 is 0 Å². The zero-order valence-electron chi connectivity index (χ0n) is 11.5. The third kappa shape index (κ3) is 3.19. The molecule has 0 radical (unpaired) electrons. The number of nitrogens with one attached hydrogen (secondary N) is 1. The molecular weight excluding hydrogens is 274 g/mol. The molecule has 0 aliphatic heterocycles. The van der Waals surface area contributed by atoms with Crippen LogP contribution < -0.4 is 5.32 Å². The minimum Gasteiger partial charge on any atom is -0.475 e. The molecule has 0 aliphatic carbocycles. The third-order valence-corrected chi connectivity index (χ3v) is 3.73. The topological polar surface area (TPSA) is 75.1 Å². The molecule has 2 aromatic rings. The molecular formula is C14H17N3O2S. The molecule has 0 amide bonds. The first-order chi connectivity index (χ1) is 9.65. The van der Waals surface area contributed by atoms with Crippen LogP contribution in [0.2, 0.25) is 0 Å². The lowest BCUT2D eigenvalue weighted by Crippen LogP contribution is -2.22. The van der Waals surface area contributed by atoms with Crippen molar-refractivity contribution in [2.45, 2.75) is 19.4 Å². The molecule has 5 nitrogen and oxygen atoms in total. The molecule has 0 spiro atoms. The van der Waals surface area contributed by atoms with Crippen molar-refractivity contribution in [3.05, 3.63) is 30.1 Å².